The molecule has 0 aromatic carbocycles. The molecule has 1 saturated heterocycles. The SMILES string of the molecule is Cc1ccc(C2CC(=O)CC(=O)N2)s1. The number of nitrogens with one attached hydrogen (secondary N) is 1. The molecule has 1 N–H and O–H groups in total. The van der Waals surface area contributed by atoms with Crippen LogP contribution < -0.4 is 5.32 Å². The molecule has 0 spiro atoms. The lowest BCUT2D eigenvalue weighted by Crippen LogP contribution is -2.36. The van der Waals surface area contributed by atoms with Gasteiger partial charge in [0.1, 0.15) is 5.78 Å². The number of Topliss-reactive ketones (excluding diaryl/α,β-unsaturated/α-hetero) is 1. The van der Waals surface area contributed by atoms with Gasteiger partial charge >= 0.3 is 0 Å². The molecular formula is C10H11NO2S. The summed E-state index contributed by atoms with van der Waals surface area (Å²) in [7, 11) is 0. The first-order chi connectivity index (χ1) is 6.65. The highest BCUT2D eigenvalue weighted by atomic mass is 32.1. The van der Waals surface area contributed by atoms with Crippen molar-refractivity contribution in [3.05, 3.63) is 21.9 Å². The smallest absolute Gasteiger partial charge is 0.227 e. The van der Waals surface area contributed by atoms with Crippen LogP contribution >= 0.6 is 11.3 Å². The van der Waals surface area contributed by atoms with E-state index in [1.54, 1.807) is 11.3 Å². The summed E-state index contributed by atoms with van der Waals surface area (Å²) in [6.45, 7) is 2.01. The lowest BCUT2D eigenvalue weighted by Gasteiger charge is -2.21. The Balaban J connectivity index is 2.18. The van der Waals surface area contributed by atoms with Crippen molar-refractivity contribution in [1.29, 1.82) is 0 Å². The Morgan fingerprint density at radius 1 is 1.43 bits per heavy atom. The molecule has 74 valence electrons. The third kappa shape index (κ3) is 1.85. The molecule has 3 nitrogen and oxygen atoms in total. The van der Waals surface area contributed by atoms with E-state index in [-0.39, 0.29) is 24.2 Å². The van der Waals surface area contributed by atoms with Gasteiger partial charge in [0.05, 0.1) is 12.5 Å². The normalized spacial score (nSPS) is 22.2. The van der Waals surface area contributed by atoms with E-state index in [0.29, 0.717) is 6.42 Å². The number of ketones is 1. The zero-order chi connectivity index (χ0) is 10.1. The Morgan fingerprint density at radius 3 is 2.79 bits per heavy atom. The number of hydrogen-bond donors (Lipinski definition) is 1. The fourth-order valence-electron chi connectivity index (χ4n) is 1.59. The van der Waals surface area contributed by atoms with Gasteiger partial charge in [0, 0.05) is 16.2 Å². The number of hydrogen-bond acceptors (Lipinski definition) is 3. The summed E-state index contributed by atoms with van der Waals surface area (Å²) in [6.07, 6.45) is 0.479. The van der Waals surface area contributed by atoms with Crippen LogP contribution in [-0.4, -0.2) is 11.7 Å². The van der Waals surface area contributed by atoms with Crippen molar-refractivity contribution in [3.63, 3.8) is 0 Å². The molecule has 1 atom stereocenters. The van der Waals surface area contributed by atoms with Gasteiger partial charge in [-0.25, -0.2) is 0 Å². The number of aryl methyl sites for hydroxylation is 1. The molecule has 1 aromatic heterocycles. The summed E-state index contributed by atoms with van der Waals surface area (Å²) in [5.41, 5.74) is 0. The van der Waals surface area contributed by atoms with Crippen LogP contribution in [0.5, 0.6) is 0 Å². The summed E-state index contributed by atoms with van der Waals surface area (Å²) in [5.74, 6) is -0.123. The van der Waals surface area contributed by atoms with Crippen molar-refractivity contribution in [3.8, 4) is 0 Å². The average Bonchev–Trinajstić information content (AvgIpc) is 2.50. The first-order valence-corrected chi connectivity index (χ1v) is 5.34. The molecule has 4 heteroatoms. The number of thiophene rings is 1. The minimum absolute atomic E-state index is 0.0322. The highest BCUT2D eigenvalue weighted by Crippen LogP contribution is 2.27. The Bertz CT molecular complexity index is 367. The molecule has 0 saturated carbocycles. The highest BCUT2D eigenvalue weighted by Gasteiger charge is 2.26. The van der Waals surface area contributed by atoms with Gasteiger partial charge in [-0.3, -0.25) is 9.59 Å². The number of amides is 1. The van der Waals surface area contributed by atoms with Crippen LogP contribution in [0.15, 0.2) is 12.1 Å². The third-order valence-electron chi connectivity index (χ3n) is 2.23. The molecule has 1 unspecified atom stereocenters. The minimum Gasteiger partial charge on any atom is -0.348 e. The largest absolute Gasteiger partial charge is 0.348 e. The van der Waals surface area contributed by atoms with E-state index in [1.165, 1.54) is 4.88 Å². The van der Waals surface area contributed by atoms with E-state index < -0.39 is 0 Å². The molecule has 2 heterocycles. The molecule has 1 aliphatic rings. The fourth-order valence-corrected chi connectivity index (χ4v) is 2.52. The van der Waals surface area contributed by atoms with Crippen molar-refractivity contribution in [1.82, 2.24) is 5.32 Å². The van der Waals surface area contributed by atoms with Crippen LogP contribution in [0.1, 0.15) is 28.6 Å². The Labute approximate surface area is 86.1 Å². The summed E-state index contributed by atoms with van der Waals surface area (Å²) >= 11 is 1.63. The summed E-state index contributed by atoms with van der Waals surface area (Å²) in [6, 6.07) is 3.89. The summed E-state index contributed by atoms with van der Waals surface area (Å²) in [4.78, 5) is 24.6. The van der Waals surface area contributed by atoms with E-state index in [2.05, 4.69) is 5.32 Å². The zero-order valence-corrected chi connectivity index (χ0v) is 8.69. The summed E-state index contributed by atoms with van der Waals surface area (Å²) < 4.78 is 0. The molecule has 1 fully saturated rings. The topological polar surface area (TPSA) is 46.2 Å². The van der Waals surface area contributed by atoms with Gasteiger partial charge in [0.2, 0.25) is 5.91 Å². The minimum atomic E-state index is -0.155. The van der Waals surface area contributed by atoms with Crippen LogP contribution in [-0.2, 0) is 9.59 Å². The van der Waals surface area contributed by atoms with Crippen LogP contribution in [0.25, 0.3) is 0 Å². The van der Waals surface area contributed by atoms with E-state index in [0.717, 1.165) is 4.88 Å². The second-order valence-corrected chi connectivity index (χ2v) is 4.81. The number of piperidine rings is 1. The zero-order valence-electron chi connectivity index (χ0n) is 7.87. The second-order valence-electron chi connectivity index (χ2n) is 3.49. The van der Waals surface area contributed by atoms with Crippen molar-refractivity contribution in [2.24, 2.45) is 0 Å². The van der Waals surface area contributed by atoms with Gasteiger partial charge in [-0.05, 0) is 19.1 Å². The van der Waals surface area contributed by atoms with Gasteiger partial charge in [-0.15, -0.1) is 11.3 Å². The lowest BCUT2D eigenvalue weighted by molar-refractivity contribution is -0.132. The highest BCUT2D eigenvalue weighted by molar-refractivity contribution is 7.12. The standard InChI is InChI=1S/C10H11NO2S/c1-6-2-3-9(14-6)8-4-7(12)5-10(13)11-8/h2-3,8H,4-5H2,1H3,(H,11,13). The molecule has 0 aliphatic carbocycles. The van der Waals surface area contributed by atoms with E-state index in [1.807, 2.05) is 19.1 Å². The van der Waals surface area contributed by atoms with Crippen molar-refractivity contribution >= 4 is 23.0 Å². The van der Waals surface area contributed by atoms with Gasteiger partial charge in [0.25, 0.3) is 0 Å². The van der Waals surface area contributed by atoms with Crippen LogP contribution in [0.4, 0.5) is 0 Å². The molecule has 1 aliphatic heterocycles. The first-order valence-electron chi connectivity index (χ1n) is 4.52. The van der Waals surface area contributed by atoms with E-state index in [4.69, 9.17) is 0 Å². The van der Waals surface area contributed by atoms with Gasteiger partial charge in [-0.1, -0.05) is 0 Å². The quantitative estimate of drug-likeness (QED) is 0.714. The van der Waals surface area contributed by atoms with Gasteiger partial charge in [-0.2, -0.15) is 0 Å². The Hall–Kier alpha value is -1.16. The van der Waals surface area contributed by atoms with Crippen molar-refractivity contribution in [2.45, 2.75) is 25.8 Å². The maximum atomic E-state index is 11.2. The van der Waals surface area contributed by atoms with Crippen LogP contribution in [0.3, 0.4) is 0 Å². The molecule has 0 radical (unpaired) electrons. The van der Waals surface area contributed by atoms with E-state index >= 15 is 0 Å². The van der Waals surface area contributed by atoms with Crippen LogP contribution in [0.2, 0.25) is 0 Å². The number of carbonyl (C=O) groups excluding carboxylic acids is 2. The predicted octanol–water partition coefficient (Wildman–Crippen LogP) is 1.58. The Morgan fingerprint density at radius 2 is 2.21 bits per heavy atom. The third-order valence-corrected chi connectivity index (χ3v) is 3.34. The average molecular weight is 209 g/mol. The lowest BCUT2D eigenvalue weighted by atomic mass is 10.0. The fraction of sp³-hybridized carbons (Fsp3) is 0.400. The molecule has 1 aromatic rings. The molecule has 2 rings (SSSR count). The van der Waals surface area contributed by atoms with Crippen LogP contribution in [0, 0.1) is 6.92 Å². The van der Waals surface area contributed by atoms with Crippen molar-refractivity contribution in [2.75, 3.05) is 0 Å². The Kier molecular flexibility index (Phi) is 2.37. The maximum Gasteiger partial charge on any atom is 0.227 e. The van der Waals surface area contributed by atoms with Gasteiger partial charge < -0.3 is 5.32 Å². The maximum absolute atomic E-state index is 11.2. The number of rotatable bonds is 1. The molecule has 14 heavy (non-hydrogen) atoms. The first kappa shape index (κ1) is 9.40. The van der Waals surface area contributed by atoms with E-state index in [9.17, 15) is 9.59 Å². The van der Waals surface area contributed by atoms with Gasteiger partial charge in [0.15, 0.2) is 0 Å². The molecule has 0 bridgehead atoms. The molecule has 1 amide bonds. The predicted molar refractivity (Wildman–Crippen MR) is 54.2 cm³/mol. The van der Waals surface area contributed by atoms with Crippen molar-refractivity contribution < 1.29 is 9.59 Å². The number of carbonyl (C=O) groups is 2. The second kappa shape index (κ2) is 3.53. The summed E-state index contributed by atoms with van der Waals surface area (Å²) in [5, 5.41) is 2.83. The monoisotopic (exact) mass is 209 g/mol. The molecular weight excluding hydrogens is 198 g/mol.